The molecule has 1 aromatic rings. The van der Waals surface area contributed by atoms with Gasteiger partial charge in [-0.25, -0.2) is 9.97 Å². The van der Waals surface area contributed by atoms with E-state index in [9.17, 15) is 5.11 Å². The lowest BCUT2D eigenvalue weighted by Crippen LogP contribution is -2.41. The van der Waals surface area contributed by atoms with E-state index in [1.807, 2.05) is 13.8 Å². The van der Waals surface area contributed by atoms with Crippen molar-refractivity contribution in [2.75, 3.05) is 11.9 Å². The Balaban J connectivity index is 2.04. The molecule has 0 aromatic carbocycles. The van der Waals surface area contributed by atoms with Crippen LogP contribution >= 0.6 is 11.6 Å². The number of aryl methyl sites for hydroxylation is 2. The molecule has 1 fully saturated rings. The quantitative estimate of drug-likeness (QED) is 0.895. The van der Waals surface area contributed by atoms with Crippen LogP contribution in [0.3, 0.4) is 0 Å². The summed E-state index contributed by atoms with van der Waals surface area (Å²) in [5.41, 5.74) is 1.04. The van der Waals surface area contributed by atoms with Gasteiger partial charge in [-0.2, -0.15) is 0 Å². The zero-order valence-electron chi connectivity index (χ0n) is 11.8. The summed E-state index contributed by atoms with van der Waals surface area (Å²) in [5.74, 6) is 1.14. The third-order valence-electron chi connectivity index (χ3n) is 3.92. The predicted octanol–water partition coefficient (Wildman–Crippen LogP) is 3.10. The number of hydrogen-bond acceptors (Lipinski definition) is 4. The monoisotopic (exact) mass is 283 g/mol. The molecule has 106 valence electrons. The van der Waals surface area contributed by atoms with Gasteiger partial charge in [0.2, 0.25) is 0 Å². The molecule has 0 radical (unpaired) electrons. The normalized spacial score (nSPS) is 27.3. The Kier molecular flexibility index (Phi) is 4.31. The minimum absolute atomic E-state index is 0.371. The van der Waals surface area contributed by atoms with E-state index in [4.69, 9.17) is 11.6 Å². The molecular weight excluding hydrogens is 262 g/mol. The summed E-state index contributed by atoms with van der Waals surface area (Å²) in [6.45, 7) is 6.46. The van der Waals surface area contributed by atoms with Crippen LogP contribution in [0.1, 0.15) is 44.0 Å². The van der Waals surface area contributed by atoms with Gasteiger partial charge in [-0.15, -0.1) is 0 Å². The van der Waals surface area contributed by atoms with Gasteiger partial charge in [0.15, 0.2) is 11.0 Å². The molecule has 0 aliphatic heterocycles. The number of anilines is 1. The molecule has 1 aliphatic rings. The molecule has 0 spiro atoms. The standard InChI is InChI=1S/C14H22ClN3O/c1-9-5-4-6-14(19,7-9)8-16-13-12(15)17-10(2)11(3)18-13/h9,19H,4-8H2,1-3H3,(H,16,18). The van der Waals surface area contributed by atoms with E-state index in [-0.39, 0.29) is 0 Å². The zero-order chi connectivity index (χ0) is 14.0. The van der Waals surface area contributed by atoms with Gasteiger partial charge in [0.1, 0.15) is 0 Å². The molecule has 1 heterocycles. The SMILES string of the molecule is Cc1nc(Cl)c(NCC2(O)CCCC(C)C2)nc1C. The molecule has 5 heteroatoms. The Morgan fingerprint density at radius 1 is 1.37 bits per heavy atom. The van der Waals surface area contributed by atoms with Gasteiger partial charge >= 0.3 is 0 Å². The van der Waals surface area contributed by atoms with Crippen molar-refractivity contribution >= 4 is 17.4 Å². The molecule has 0 amide bonds. The first-order chi connectivity index (χ1) is 8.89. The second-order valence-electron chi connectivity index (χ2n) is 5.81. The molecule has 1 saturated carbocycles. The van der Waals surface area contributed by atoms with E-state index < -0.39 is 5.60 Å². The van der Waals surface area contributed by atoms with Gasteiger partial charge in [-0.3, -0.25) is 0 Å². The van der Waals surface area contributed by atoms with Crippen molar-refractivity contribution < 1.29 is 5.11 Å². The maximum atomic E-state index is 10.6. The lowest BCUT2D eigenvalue weighted by atomic mass is 9.79. The fourth-order valence-electron chi connectivity index (χ4n) is 2.73. The molecule has 1 aliphatic carbocycles. The summed E-state index contributed by atoms with van der Waals surface area (Å²) < 4.78 is 0. The smallest absolute Gasteiger partial charge is 0.171 e. The van der Waals surface area contributed by atoms with Crippen LogP contribution in [-0.2, 0) is 0 Å². The Labute approximate surface area is 119 Å². The van der Waals surface area contributed by atoms with E-state index in [1.165, 1.54) is 6.42 Å². The molecule has 0 bridgehead atoms. The van der Waals surface area contributed by atoms with Crippen LogP contribution in [0, 0.1) is 19.8 Å². The summed E-state index contributed by atoms with van der Waals surface area (Å²) >= 11 is 6.08. The summed E-state index contributed by atoms with van der Waals surface area (Å²) in [7, 11) is 0. The van der Waals surface area contributed by atoms with Crippen molar-refractivity contribution in [1.82, 2.24) is 9.97 Å². The molecule has 2 rings (SSSR count). The van der Waals surface area contributed by atoms with Gasteiger partial charge in [0, 0.05) is 6.54 Å². The van der Waals surface area contributed by atoms with Gasteiger partial charge < -0.3 is 10.4 Å². The highest BCUT2D eigenvalue weighted by Gasteiger charge is 2.32. The fraction of sp³-hybridized carbons (Fsp3) is 0.714. The maximum Gasteiger partial charge on any atom is 0.171 e. The minimum atomic E-state index is -0.651. The Bertz CT molecular complexity index is 466. The summed E-state index contributed by atoms with van der Waals surface area (Å²) in [5, 5.41) is 14.1. The number of rotatable bonds is 3. The van der Waals surface area contributed by atoms with Gasteiger partial charge in [-0.05, 0) is 32.6 Å². The highest BCUT2D eigenvalue weighted by atomic mass is 35.5. The number of aromatic nitrogens is 2. The molecular formula is C14H22ClN3O. The zero-order valence-corrected chi connectivity index (χ0v) is 12.6. The van der Waals surface area contributed by atoms with Crippen LogP contribution in [0.4, 0.5) is 5.82 Å². The van der Waals surface area contributed by atoms with Crippen LogP contribution < -0.4 is 5.32 Å². The maximum absolute atomic E-state index is 10.6. The number of aliphatic hydroxyl groups is 1. The Hall–Kier alpha value is -0.870. The van der Waals surface area contributed by atoms with Crippen molar-refractivity contribution in [3.05, 3.63) is 16.5 Å². The average Bonchev–Trinajstić information content (AvgIpc) is 2.32. The van der Waals surface area contributed by atoms with Gasteiger partial charge in [0.05, 0.1) is 17.0 Å². The molecule has 2 N–H and O–H groups in total. The second-order valence-corrected chi connectivity index (χ2v) is 6.17. The molecule has 0 saturated heterocycles. The lowest BCUT2D eigenvalue weighted by molar-refractivity contribution is -0.000830. The van der Waals surface area contributed by atoms with Crippen LogP contribution in [-0.4, -0.2) is 27.2 Å². The molecule has 1 aromatic heterocycles. The largest absolute Gasteiger partial charge is 0.388 e. The third kappa shape index (κ3) is 3.57. The number of halogens is 1. The first-order valence-corrected chi connectivity index (χ1v) is 7.24. The summed E-state index contributed by atoms with van der Waals surface area (Å²) in [6, 6.07) is 0. The van der Waals surface area contributed by atoms with Gasteiger partial charge in [0.25, 0.3) is 0 Å². The molecule has 19 heavy (non-hydrogen) atoms. The van der Waals surface area contributed by atoms with E-state index >= 15 is 0 Å². The number of nitrogens with one attached hydrogen (secondary N) is 1. The van der Waals surface area contributed by atoms with Crippen molar-refractivity contribution in [1.29, 1.82) is 0 Å². The molecule has 2 unspecified atom stereocenters. The third-order valence-corrected chi connectivity index (χ3v) is 4.18. The Morgan fingerprint density at radius 3 is 2.74 bits per heavy atom. The predicted molar refractivity (Wildman–Crippen MR) is 77.6 cm³/mol. The van der Waals surface area contributed by atoms with E-state index in [0.29, 0.717) is 23.4 Å². The van der Waals surface area contributed by atoms with Crippen LogP contribution in [0.5, 0.6) is 0 Å². The number of hydrogen-bond donors (Lipinski definition) is 2. The first-order valence-electron chi connectivity index (χ1n) is 6.87. The van der Waals surface area contributed by atoms with Crippen molar-refractivity contribution in [2.45, 2.75) is 52.1 Å². The highest BCUT2D eigenvalue weighted by Crippen LogP contribution is 2.32. The van der Waals surface area contributed by atoms with Crippen LogP contribution in [0.25, 0.3) is 0 Å². The van der Waals surface area contributed by atoms with Crippen molar-refractivity contribution in [3.8, 4) is 0 Å². The van der Waals surface area contributed by atoms with Crippen molar-refractivity contribution in [2.24, 2.45) is 5.92 Å². The van der Waals surface area contributed by atoms with E-state index in [0.717, 1.165) is 30.7 Å². The minimum Gasteiger partial charge on any atom is -0.388 e. The van der Waals surface area contributed by atoms with E-state index in [1.54, 1.807) is 0 Å². The molecule has 4 nitrogen and oxygen atoms in total. The van der Waals surface area contributed by atoms with Crippen LogP contribution in [0.2, 0.25) is 5.15 Å². The molecule has 2 atom stereocenters. The first kappa shape index (κ1) is 14.5. The van der Waals surface area contributed by atoms with Crippen LogP contribution in [0.15, 0.2) is 0 Å². The van der Waals surface area contributed by atoms with Gasteiger partial charge in [-0.1, -0.05) is 31.4 Å². The van der Waals surface area contributed by atoms with E-state index in [2.05, 4.69) is 22.2 Å². The fourth-order valence-corrected chi connectivity index (χ4v) is 2.97. The summed E-state index contributed by atoms with van der Waals surface area (Å²) in [6.07, 6.45) is 3.94. The summed E-state index contributed by atoms with van der Waals surface area (Å²) in [4.78, 5) is 8.62. The number of nitrogens with zero attached hydrogens (tertiary/aromatic N) is 2. The lowest BCUT2D eigenvalue weighted by Gasteiger charge is -2.35. The average molecular weight is 284 g/mol. The Morgan fingerprint density at radius 2 is 2.05 bits per heavy atom. The highest BCUT2D eigenvalue weighted by molar-refractivity contribution is 6.31. The topological polar surface area (TPSA) is 58.0 Å². The van der Waals surface area contributed by atoms with Crippen molar-refractivity contribution in [3.63, 3.8) is 0 Å². The second kappa shape index (κ2) is 5.63.